The zero-order chi connectivity index (χ0) is 31.8. The van der Waals surface area contributed by atoms with Crippen LogP contribution in [-0.4, -0.2) is 21.8 Å². The third kappa shape index (κ3) is 6.17. The lowest BCUT2D eigenvalue weighted by Gasteiger charge is -2.22. The van der Waals surface area contributed by atoms with Gasteiger partial charge < -0.3 is 10.6 Å². The van der Waals surface area contributed by atoms with Gasteiger partial charge in [0, 0.05) is 40.0 Å². The van der Waals surface area contributed by atoms with Crippen molar-refractivity contribution in [3.05, 3.63) is 118 Å². The maximum Gasteiger partial charge on any atom is 0.434 e. The molecule has 224 valence electrons. The zero-order valence-electron chi connectivity index (χ0n) is 21.8. The lowest BCUT2D eigenvalue weighted by molar-refractivity contribution is -0.140. The Kier molecular flexibility index (Phi) is 8.23. The van der Waals surface area contributed by atoms with Crippen molar-refractivity contribution < 1.29 is 35.9 Å². The van der Waals surface area contributed by atoms with E-state index in [0.29, 0.717) is 6.07 Å². The Hall–Kier alpha value is -4.68. The fraction of sp³-hybridized carbons (Fsp3) is 0.0667. The smallest absolute Gasteiger partial charge is 0.321 e. The minimum absolute atomic E-state index is 0.0188. The number of hydrogen-bond donors (Lipinski definition) is 2. The molecule has 44 heavy (non-hydrogen) atoms. The van der Waals surface area contributed by atoms with Crippen LogP contribution in [0.3, 0.4) is 0 Å². The molecule has 0 aliphatic rings. The van der Waals surface area contributed by atoms with E-state index >= 15 is 0 Å². The molecule has 2 aromatic heterocycles. The number of benzene rings is 3. The van der Waals surface area contributed by atoms with Gasteiger partial charge in [0.1, 0.15) is 0 Å². The number of aromatic nitrogens is 2. The van der Waals surface area contributed by atoms with Crippen LogP contribution in [0.2, 0.25) is 10.0 Å². The number of fused-ring (bicyclic) bond motifs is 1. The summed E-state index contributed by atoms with van der Waals surface area (Å²) in [6.07, 6.45) is -7.40. The quantitative estimate of drug-likeness (QED) is 0.186. The van der Waals surface area contributed by atoms with Gasteiger partial charge >= 0.3 is 12.4 Å². The van der Waals surface area contributed by atoms with Crippen LogP contribution in [0.5, 0.6) is 0 Å². The number of amides is 2. The predicted molar refractivity (Wildman–Crippen MR) is 154 cm³/mol. The highest BCUT2D eigenvalue weighted by atomic mass is 35.5. The molecule has 0 radical (unpaired) electrons. The lowest BCUT2D eigenvalue weighted by atomic mass is 9.97. The van der Waals surface area contributed by atoms with Crippen LogP contribution < -0.4 is 10.6 Å². The number of hydrogen-bond acceptors (Lipinski definition) is 4. The first-order chi connectivity index (χ1) is 20.8. The normalized spacial score (nSPS) is 11.8. The van der Waals surface area contributed by atoms with E-state index < -0.39 is 57.1 Å². The van der Waals surface area contributed by atoms with Crippen molar-refractivity contribution >= 4 is 57.3 Å². The monoisotopic (exact) mass is 648 g/mol. The largest absolute Gasteiger partial charge is 0.434 e. The molecule has 0 aliphatic carbocycles. The molecular formula is C30H16Cl2F6N4O2. The minimum atomic E-state index is -5.09. The summed E-state index contributed by atoms with van der Waals surface area (Å²) in [5.41, 5.74) is -4.76. The number of alkyl halides is 6. The number of anilines is 2. The summed E-state index contributed by atoms with van der Waals surface area (Å²) in [6.45, 7) is 0. The number of nitrogens with one attached hydrogen (secondary N) is 2. The molecule has 0 aliphatic heterocycles. The van der Waals surface area contributed by atoms with Gasteiger partial charge in [-0.3, -0.25) is 14.6 Å². The Morgan fingerprint density at radius 1 is 0.727 bits per heavy atom. The van der Waals surface area contributed by atoms with Gasteiger partial charge in [-0.15, -0.1) is 0 Å². The molecular weight excluding hydrogens is 633 g/mol. The molecule has 3 aromatic carbocycles. The van der Waals surface area contributed by atoms with Gasteiger partial charge in [-0.05, 0) is 48.5 Å². The summed E-state index contributed by atoms with van der Waals surface area (Å²) in [4.78, 5) is 33.9. The van der Waals surface area contributed by atoms with E-state index in [2.05, 4.69) is 20.6 Å². The summed E-state index contributed by atoms with van der Waals surface area (Å²) >= 11 is 13.0. The van der Waals surface area contributed by atoms with Gasteiger partial charge in [-0.1, -0.05) is 47.5 Å². The predicted octanol–water partition coefficient (Wildman–Crippen LogP) is 9.15. The van der Waals surface area contributed by atoms with Gasteiger partial charge in [0.2, 0.25) is 0 Å². The highest BCUT2D eigenvalue weighted by Gasteiger charge is 2.40. The van der Waals surface area contributed by atoms with E-state index in [9.17, 15) is 35.9 Å². The highest BCUT2D eigenvalue weighted by molar-refractivity contribution is 6.42. The molecule has 5 rings (SSSR count). The molecule has 6 nitrogen and oxygen atoms in total. The van der Waals surface area contributed by atoms with Crippen LogP contribution in [0.15, 0.2) is 85.2 Å². The standard InChI is InChI=1S/C30H16Cl2F6N4O2/c31-19-9-10-21(41-28(44)16-7-4-8-17(13-16)29(33,34)35)24(32)22(19)23-25(42-27(43)15-5-2-1-3-6-15)18-14-39-12-11-20(18)40-26(23)30(36,37)38/h1-14H,(H,41,44)(H,40,42,43). The van der Waals surface area contributed by atoms with Crippen LogP contribution in [-0.2, 0) is 12.4 Å². The number of carbonyl (C=O) groups is 2. The van der Waals surface area contributed by atoms with Crippen LogP contribution >= 0.6 is 23.2 Å². The molecule has 0 saturated heterocycles. The van der Waals surface area contributed by atoms with Gasteiger partial charge in [0.25, 0.3) is 11.8 Å². The molecule has 0 bridgehead atoms. The van der Waals surface area contributed by atoms with Crippen LogP contribution in [0.25, 0.3) is 22.0 Å². The first kappa shape index (κ1) is 30.8. The fourth-order valence-electron chi connectivity index (χ4n) is 4.37. The maximum atomic E-state index is 14.6. The molecule has 0 fully saturated rings. The van der Waals surface area contributed by atoms with Gasteiger partial charge in [-0.25, -0.2) is 4.98 Å². The first-order valence-electron chi connectivity index (χ1n) is 12.4. The Bertz CT molecular complexity index is 1910. The fourth-order valence-corrected chi connectivity index (χ4v) is 4.98. The van der Waals surface area contributed by atoms with Crippen molar-refractivity contribution in [2.45, 2.75) is 12.4 Å². The van der Waals surface area contributed by atoms with Crippen LogP contribution in [0, 0.1) is 0 Å². The molecule has 0 atom stereocenters. The second-order valence-electron chi connectivity index (χ2n) is 9.24. The zero-order valence-corrected chi connectivity index (χ0v) is 23.3. The molecule has 5 aromatic rings. The van der Waals surface area contributed by atoms with Crippen molar-refractivity contribution in [2.75, 3.05) is 10.6 Å². The van der Waals surface area contributed by atoms with E-state index in [4.69, 9.17) is 23.2 Å². The van der Waals surface area contributed by atoms with E-state index in [0.717, 1.165) is 24.3 Å². The van der Waals surface area contributed by atoms with E-state index in [1.807, 2.05) is 0 Å². The molecule has 2 N–H and O–H groups in total. The third-order valence-electron chi connectivity index (χ3n) is 6.37. The highest BCUT2D eigenvalue weighted by Crippen LogP contribution is 2.49. The average Bonchev–Trinajstić information content (AvgIpc) is 2.98. The lowest BCUT2D eigenvalue weighted by Crippen LogP contribution is -2.18. The summed E-state index contributed by atoms with van der Waals surface area (Å²) < 4.78 is 83.3. The Morgan fingerprint density at radius 2 is 1.41 bits per heavy atom. The Morgan fingerprint density at radius 3 is 2.09 bits per heavy atom. The summed E-state index contributed by atoms with van der Waals surface area (Å²) in [6, 6.07) is 14.7. The van der Waals surface area contributed by atoms with Crippen molar-refractivity contribution in [3.63, 3.8) is 0 Å². The molecule has 0 unspecified atom stereocenters. The van der Waals surface area contributed by atoms with Gasteiger partial charge in [0.15, 0.2) is 5.69 Å². The molecule has 0 saturated carbocycles. The Labute approximate surface area is 254 Å². The second-order valence-corrected chi connectivity index (χ2v) is 10.0. The Balaban J connectivity index is 1.70. The third-order valence-corrected chi connectivity index (χ3v) is 7.08. The van der Waals surface area contributed by atoms with Crippen molar-refractivity contribution in [1.82, 2.24) is 9.97 Å². The van der Waals surface area contributed by atoms with Crippen LogP contribution in [0.1, 0.15) is 32.0 Å². The summed E-state index contributed by atoms with van der Waals surface area (Å²) in [7, 11) is 0. The van der Waals surface area contributed by atoms with Crippen LogP contribution in [0.4, 0.5) is 37.7 Å². The van der Waals surface area contributed by atoms with Crippen molar-refractivity contribution in [2.24, 2.45) is 0 Å². The topological polar surface area (TPSA) is 84.0 Å². The van der Waals surface area contributed by atoms with Gasteiger partial charge in [0.05, 0.1) is 32.5 Å². The number of rotatable bonds is 5. The maximum absolute atomic E-state index is 14.6. The molecule has 2 heterocycles. The number of halogens is 8. The minimum Gasteiger partial charge on any atom is -0.321 e. The van der Waals surface area contributed by atoms with E-state index in [-0.39, 0.29) is 32.9 Å². The summed E-state index contributed by atoms with van der Waals surface area (Å²) in [5, 5.41) is 4.05. The average molecular weight is 649 g/mol. The number of carbonyl (C=O) groups excluding carboxylic acids is 2. The van der Waals surface area contributed by atoms with E-state index in [1.54, 1.807) is 18.2 Å². The first-order valence-corrected chi connectivity index (χ1v) is 13.2. The van der Waals surface area contributed by atoms with Crippen molar-refractivity contribution in [1.29, 1.82) is 0 Å². The number of pyridine rings is 2. The van der Waals surface area contributed by atoms with E-state index in [1.165, 1.54) is 36.7 Å². The van der Waals surface area contributed by atoms with Gasteiger partial charge in [-0.2, -0.15) is 26.3 Å². The molecule has 2 amide bonds. The van der Waals surface area contributed by atoms with Crippen molar-refractivity contribution in [3.8, 4) is 11.1 Å². The number of nitrogens with zero attached hydrogens (tertiary/aromatic N) is 2. The molecule has 14 heteroatoms. The SMILES string of the molecule is O=C(Nc1ccc(Cl)c(-c2c(C(F)(F)F)nc3ccncc3c2NC(=O)c2ccccc2)c1Cl)c1cccc(C(F)(F)F)c1. The molecule has 0 spiro atoms. The second kappa shape index (κ2) is 11.8. The summed E-state index contributed by atoms with van der Waals surface area (Å²) in [5.74, 6) is -1.79.